The summed E-state index contributed by atoms with van der Waals surface area (Å²) in [6.45, 7) is 0. The van der Waals surface area contributed by atoms with Gasteiger partial charge in [0.15, 0.2) is 5.82 Å². The van der Waals surface area contributed by atoms with E-state index in [1.165, 1.54) is 0 Å². The Labute approximate surface area is 118 Å². The van der Waals surface area contributed by atoms with Gasteiger partial charge in [0, 0.05) is 20.3 Å². The molecule has 1 saturated carbocycles. The van der Waals surface area contributed by atoms with Gasteiger partial charge in [0.25, 0.3) is 5.89 Å². The van der Waals surface area contributed by atoms with Gasteiger partial charge in [0.2, 0.25) is 0 Å². The minimum Gasteiger partial charge on any atom is -0.363 e. The molecule has 1 aliphatic carbocycles. The highest BCUT2D eigenvalue weighted by Gasteiger charge is 2.36. The zero-order valence-electron chi connectivity index (χ0n) is 11.8. The van der Waals surface area contributed by atoms with Crippen molar-refractivity contribution >= 4 is 5.82 Å². The monoisotopic (exact) mass is 273 g/mol. The number of aromatic nitrogens is 3. The van der Waals surface area contributed by atoms with Crippen LogP contribution in [0.5, 0.6) is 0 Å². The lowest BCUT2D eigenvalue weighted by Gasteiger charge is -2.17. The van der Waals surface area contributed by atoms with Crippen molar-refractivity contribution in [2.75, 3.05) is 19.0 Å². The molecule has 6 nitrogen and oxygen atoms in total. The van der Waals surface area contributed by atoms with Crippen LogP contribution in [0.4, 0.5) is 5.82 Å². The zero-order chi connectivity index (χ0) is 14.2. The number of pyridine rings is 1. The van der Waals surface area contributed by atoms with E-state index in [0.717, 1.165) is 37.1 Å². The van der Waals surface area contributed by atoms with Crippen LogP contribution in [0, 0.1) is 0 Å². The molecule has 106 valence electrons. The van der Waals surface area contributed by atoms with Crippen LogP contribution in [0.1, 0.15) is 31.5 Å². The molecule has 2 N–H and O–H groups in total. The van der Waals surface area contributed by atoms with Crippen LogP contribution in [-0.2, 0) is 5.54 Å². The van der Waals surface area contributed by atoms with E-state index in [1.54, 1.807) is 6.20 Å². The molecule has 3 rings (SSSR count). The van der Waals surface area contributed by atoms with Crippen molar-refractivity contribution < 1.29 is 4.52 Å². The summed E-state index contributed by atoms with van der Waals surface area (Å²) in [5, 5.41) is 4.05. The molecule has 1 aliphatic rings. The Hall–Kier alpha value is -1.95. The third kappa shape index (κ3) is 2.27. The van der Waals surface area contributed by atoms with Gasteiger partial charge >= 0.3 is 0 Å². The first kappa shape index (κ1) is 13.1. The SMILES string of the molecule is CN(C)c1ccc(-c2nc(C3(N)CCCC3)no2)cn1. The predicted octanol–water partition coefficient (Wildman–Crippen LogP) is 1.93. The van der Waals surface area contributed by atoms with Gasteiger partial charge in [-0.05, 0) is 25.0 Å². The third-order valence-electron chi connectivity index (χ3n) is 3.82. The molecule has 20 heavy (non-hydrogen) atoms. The number of rotatable bonds is 3. The fourth-order valence-corrected chi connectivity index (χ4v) is 2.55. The smallest absolute Gasteiger partial charge is 0.259 e. The molecule has 0 saturated heterocycles. The van der Waals surface area contributed by atoms with Gasteiger partial charge in [-0.3, -0.25) is 0 Å². The summed E-state index contributed by atoms with van der Waals surface area (Å²) in [5.74, 6) is 1.98. The molecule has 0 aliphatic heterocycles. The van der Waals surface area contributed by atoms with Gasteiger partial charge in [0.1, 0.15) is 5.82 Å². The maximum Gasteiger partial charge on any atom is 0.259 e. The van der Waals surface area contributed by atoms with Crippen molar-refractivity contribution in [3.8, 4) is 11.5 Å². The molecule has 0 amide bonds. The number of hydrogen-bond donors (Lipinski definition) is 1. The number of nitrogens with two attached hydrogens (primary N) is 1. The highest BCUT2D eigenvalue weighted by Crippen LogP contribution is 2.35. The lowest BCUT2D eigenvalue weighted by Crippen LogP contribution is -2.34. The van der Waals surface area contributed by atoms with Crippen LogP contribution < -0.4 is 10.6 Å². The van der Waals surface area contributed by atoms with E-state index in [0.29, 0.717) is 11.7 Å². The van der Waals surface area contributed by atoms with E-state index in [2.05, 4.69) is 15.1 Å². The largest absolute Gasteiger partial charge is 0.363 e. The zero-order valence-corrected chi connectivity index (χ0v) is 11.8. The van der Waals surface area contributed by atoms with Gasteiger partial charge in [0.05, 0.1) is 11.1 Å². The van der Waals surface area contributed by atoms with E-state index in [9.17, 15) is 0 Å². The van der Waals surface area contributed by atoms with Crippen molar-refractivity contribution in [3.05, 3.63) is 24.2 Å². The Morgan fingerprint density at radius 3 is 2.60 bits per heavy atom. The summed E-state index contributed by atoms with van der Waals surface area (Å²) in [6, 6.07) is 3.85. The fourth-order valence-electron chi connectivity index (χ4n) is 2.55. The molecule has 1 fully saturated rings. The Kier molecular flexibility index (Phi) is 3.17. The van der Waals surface area contributed by atoms with Crippen LogP contribution in [0.2, 0.25) is 0 Å². The summed E-state index contributed by atoms with van der Waals surface area (Å²) >= 11 is 0. The topological polar surface area (TPSA) is 81.1 Å². The molecular weight excluding hydrogens is 254 g/mol. The summed E-state index contributed by atoms with van der Waals surface area (Å²) in [5.41, 5.74) is 6.73. The third-order valence-corrected chi connectivity index (χ3v) is 3.82. The molecule has 6 heteroatoms. The molecule has 0 atom stereocenters. The molecular formula is C14H19N5O. The summed E-state index contributed by atoms with van der Waals surface area (Å²) in [4.78, 5) is 10.7. The maximum absolute atomic E-state index is 6.33. The minimum atomic E-state index is -0.418. The maximum atomic E-state index is 6.33. The van der Waals surface area contributed by atoms with E-state index in [4.69, 9.17) is 10.3 Å². The van der Waals surface area contributed by atoms with Gasteiger partial charge in [-0.2, -0.15) is 4.98 Å². The highest BCUT2D eigenvalue weighted by atomic mass is 16.5. The lowest BCUT2D eigenvalue weighted by atomic mass is 9.99. The van der Waals surface area contributed by atoms with Gasteiger partial charge < -0.3 is 15.2 Å². The van der Waals surface area contributed by atoms with Crippen LogP contribution in [0.15, 0.2) is 22.9 Å². The van der Waals surface area contributed by atoms with Crippen LogP contribution >= 0.6 is 0 Å². The molecule has 0 bridgehead atoms. The van der Waals surface area contributed by atoms with Crippen LogP contribution in [0.3, 0.4) is 0 Å². The lowest BCUT2D eigenvalue weighted by molar-refractivity contribution is 0.372. The Bertz CT molecular complexity index is 584. The average molecular weight is 273 g/mol. The van der Waals surface area contributed by atoms with Crippen molar-refractivity contribution in [2.45, 2.75) is 31.2 Å². The Balaban J connectivity index is 1.86. The van der Waals surface area contributed by atoms with E-state index in [1.807, 2.05) is 31.1 Å². The molecule has 2 aromatic rings. The quantitative estimate of drug-likeness (QED) is 0.920. The number of anilines is 1. The second-order valence-electron chi connectivity index (χ2n) is 5.59. The van der Waals surface area contributed by atoms with Gasteiger partial charge in [-0.15, -0.1) is 0 Å². The normalized spacial score (nSPS) is 17.4. The second kappa shape index (κ2) is 4.86. The van der Waals surface area contributed by atoms with Crippen molar-refractivity contribution in [1.82, 2.24) is 15.1 Å². The standard InChI is InChI=1S/C14H19N5O/c1-19(2)11-6-5-10(9-16-11)12-17-13(18-20-12)14(15)7-3-4-8-14/h5-6,9H,3-4,7-8,15H2,1-2H3. The molecule has 0 unspecified atom stereocenters. The summed E-state index contributed by atoms with van der Waals surface area (Å²) in [6.07, 6.45) is 5.83. The van der Waals surface area contributed by atoms with Gasteiger partial charge in [-0.1, -0.05) is 18.0 Å². The number of hydrogen-bond acceptors (Lipinski definition) is 6. The molecule has 2 aromatic heterocycles. The molecule has 2 heterocycles. The first-order valence-corrected chi connectivity index (χ1v) is 6.85. The highest BCUT2D eigenvalue weighted by molar-refractivity contribution is 5.54. The summed E-state index contributed by atoms with van der Waals surface area (Å²) < 4.78 is 5.33. The minimum absolute atomic E-state index is 0.418. The molecule has 0 aromatic carbocycles. The fraction of sp³-hybridized carbons (Fsp3) is 0.500. The molecule has 0 radical (unpaired) electrons. The van der Waals surface area contributed by atoms with E-state index < -0.39 is 5.54 Å². The van der Waals surface area contributed by atoms with E-state index >= 15 is 0 Å². The number of nitrogens with zero attached hydrogens (tertiary/aromatic N) is 4. The van der Waals surface area contributed by atoms with Crippen molar-refractivity contribution in [1.29, 1.82) is 0 Å². The van der Waals surface area contributed by atoms with E-state index in [-0.39, 0.29) is 0 Å². The summed E-state index contributed by atoms with van der Waals surface area (Å²) in [7, 11) is 3.90. The molecule has 0 spiro atoms. The Morgan fingerprint density at radius 2 is 2.00 bits per heavy atom. The van der Waals surface area contributed by atoms with Crippen LogP contribution in [0.25, 0.3) is 11.5 Å². The van der Waals surface area contributed by atoms with Crippen LogP contribution in [-0.4, -0.2) is 29.2 Å². The first-order valence-electron chi connectivity index (χ1n) is 6.85. The second-order valence-corrected chi connectivity index (χ2v) is 5.59. The average Bonchev–Trinajstić information content (AvgIpc) is 3.08. The van der Waals surface area contributed by atoms with Gasteiger partial charge in [-0.25, -0.2) is 4.98 Å². The van der Waals surface area contributed by atoms with Crippen molar-refractivity contribution in [3.63, 3.8) is 0 Å². The van der Waals surface area contributed by atoms with Crippen molar-refractivity contribution in [2.24, 2.45) is 5.73 Å². The Morgan fingerprint density at radius 1 is 1.25 bits per heavy atom. The predicted molar refractivity (Wildman–Crippen MR) is 76.2 cm³/mol. The first-order chi connectivity index (χ1) is 9.58.